The number of hydrogen-bond donors (Lipinski definition) is 1. The number of nitrogens with zero attached hydrogens (tertiary/aromatic N) is 5. The highest BCUT2D eigenvalue weighted by molar-refractivity contribution is 8.01. The maximum absolute atomic E-state index is 11.5. The number of hydrogen-bond acceptors (Lipinski definition) is 7. The zero-order valence-corrected chi connectivity index (χ0v) is 15.6. The number of rotatable bonds is 6. The molecule has 3 aromatic rings. The fraction of sp³-hybridized carbons (Fsp3) is 0.286. The quantitative estimate of drug-likeness (QED) is 0.636. The third-order valence-electron chi connectivity index (χ3n) is 3.57. The summed E-state index contributed by atoms with van der Waals surface area (Å²) >= 11 is 15.1. The minimum Gasteiger partial charge on any atom is -0.382 e. The normalized spacial score (nSPS) is 15.2. The lowest BCUT2D eigenvalue weighted by molar-refractivity contribution is 0.0169. The molecule has 2 heterocycles. The molecule has 0 spiro atoms. The summed E-state index contributed by atoms with van der Waals surface area (Å²) in [4.78, 5) is 3.93. The van der Waals surface area contributed by atoms with E-state index in [9.17, 15) is 5.11 Å². The summed E-state index contributed by atoms with van der Waals surface area (Å²) in [5.41, 5.74) is -0.703. The second-order valence-corrected chi connectivity index (χ2v) is 8.41. The minimum absolute atomic E-state index is 0.203. The lowest BCUT2D eigenvalue weighted by atomic mass is 9.90. The van der Waals surface area contributed by atoms with E-state index < -0.39 is 5.60 Å². The zero-order valence-electron chi connectivity index (χ0n) is 12.5. The van der Waals surface area contributed by atoms with Gasteiger partial charge >= 0.3 is 0 Å². The van der Waals surface area contributed by atoms with Crippen LogP contribution in [0, 0.1) is 0 Å². The van der Waals surface area contributed by atoms with Gasteiger partial charge in [0.25, 0.3) is 0 Å². The molecule has 126 valence electrons. The van der Waals surface area contributed by atoms with Gasteiger partial charge in [0.15, 0.2) is 0 Å². The Balaban J connectivity index is 1.99. The van der Waals surface area contributed by atoms with E-state index in [4.69, 9.17) is 23.2 Å². The molecular weight excluding hydrogens is 389 g/mol. The van der Waals surface area contributed by atoms with Crippen molar-refractivity contribution in [2.45, 2.75) is 28.5 Å². The van der Waals surface area contributed by atoms with Gasteiger partial charge in [-0.3, -0.25) is 0 Å². The molecule has 2 aromatic heterocycles. The van der Waals surface area contributed by atoms with Gasteiger partial charge in [-0.1, -0.05) is 33.8 Å². The van der Waals surface area contributed by atoms with Gasteiger partial charge in [-0.2, -0.15) is 5.10 Å². The van der Waals surface area contributed by atoms with Crippen molar-refractivity contribution in [1.82, 2.24) is 24.4 Å². The average Bonchev–Trinajstić information content (AvgIpc) is 3.20. The fourth-order valence-corrected chi connectivity index (χ4v) is 4.72. The van der Waals surface area contributed by atoms with Crippen molar-refractivity contribution in [3.05, 3.63) is 52.7 Å². The van der Waals surface area contributed by atoms with Gasteiger partial charge < -0.3 is 5.11 Å². The lowest BCUT2D eigenvalue weighted by Gasteiger charge is -2.34. The Hall–Kier alpha value is -1.19. The molecule has 3 rings (SSSR count). The summed E-state index contributed by atoms with van der Waals surface area (Å²) in [7, 11) is 0. The fourth-order valence-electron chi connectivity index (χ4n) is 2.32. The van der Waals surface area contributed by atoms with Crippen molar-refractivity contribution in [3.63, 3.8) is 0 Å². The molecule has 0 saturated heterocycles. The standard InChI is InChI=1S/C14H13Cl2N5OS2/c1-9(23-13-5-18-20-24-13)14(22,6-21-8-17-7-19-21)11-3-2-10(15)4-12(11)16/h2-5,7-9,22H,6H2,1H3/t9-,14-/m1/s1. The summed E-state index contributed by atoms with van der Waals surface area (Å²) < 4.78 is 6.34. The van der Waals surface area contributed by atoms with Crippen molar-refractivity contribution in [2.24, 2.45) is 0 Å². The Kier molecular flexibility index (Phi) is 5.41. The van der Waals surface area contributed by atoms with Gasteiger partial charge in [-0.15, -0.1) is 16.9 Å². The summed E-state index contributed by atoms with van der Waals surface area (Å²) in [5, 5.41) is 20.1. The Bertz CT molecular complexity index is 800. The van der Waals surface area contributed by atoms with Crippen LogP contribution in [0.2, 0.25) is 10.0 Å². The van der Waals surface area contributed by atoms with E-state index in [-0.39, 0.29) is 11.8 Å². The number of halogens is 2. The number of benzene rings is 1. The smallest absolute Gasteiger partial charge is 0.137 e. The largest absolute Gasteiger partial charge is 0.382 e. The van der Waals surface area contributed by atoms with Crippen LogP contribution in [0.5, 0.6) is 0 Å². The summed E-state index contributed by atoms with van der Waals surface area (Å²) in [6.45, 7) is 2.13. The van der Waals surface area contributed by atoms with E-state index in [0.29, 0.717) is 15.6 Å². The molecule has 0 unspecified atom stereocenters. The number of aromatic nitrogens is 5. The second kappa shape index (κ2) is 7.37. The van der Waals surface area contributed by atoms with E-state index in [0.717, 1.165) is 4.21 Å². The molecule has 1 N–H and O–H groups in total. The van der Waals surface area contributed by atoms with Crippen LogP contribution in [0.4, 0.5) is 0 Å². The molecule has 1 aromatic carbocycles. The van der Waals surface area contributed by atoms with Crippen LogP contribution in [-0.4, -0.2) is 34.7 Å². The van der Waals surface area contributed by atoms with E-state index >= 15 is 0 Å². The van der Waals surface area contributed by atoms with Gasteiger partial charge in [-0.25, -0.2) is 9.67 Å². The van der Waals surface area contributed by atoms with Crippen molar-refractivity contribution >= 4 is 46.5 Å². The first-order chi connectivity index (χ1) is 11.5. The molecule has 0 saturated carbocycles. The predicted octanol–water partition coefficient (Wildman–Crippen LogP) is 3.51. The molecule has 0 aliphatic carbocycles. The van der Waals surface area contributed by atoms with Crippen LogP contribution in [-0.2, 0) is 12.1 Å². The van der Waals surface area contributed by atoms with Gasteiger partial charge in [0.05, 0.1) is 12.7 Å². The molecule has 0 bridgehead atoms. The maximum Gasteiger partial charge on any atom is 0.137 e. The molecule has 24 heavy (non-hydrogen) atoms. The van der Waals surface area contributed by atoms with Gasteiger partial charge in [0, 0.05) is 20.9 Å². The SMILES string of the molecule is C[C@@H](Sc1cnns1)[C@](O)(Cn1cncn1)c1ccc(Cl)cc1Cl. The molecule has 10 heteroatoms. The molecule has 0 fully saturated rings. The highest BCUT2D eigenvalue weighted by atomic mass is 35.5. The van der Waals surface area contributed by atoms with Crippen molar-refractivity contribution in [1.29, 1.82) is 0 Å². The van der Waals surface area contributed by atoms with Crippen molar-refractivity contribution in [2.75, 3.05) is 0 Å². The summed E-state index contributed by atoms with van der Waals surface area (Å²) in [6.07, 6.45) is 4.65. The van der Waals surface area contributed by atoms with E-state index in [1.807, 2.05) is 6.92 Å². The van der Waals surface area contributed by atoms with Crippen LogP contribution in [0.25, 0.3) is 0 Å². The highest BCUT2D eigenvalue weighted by Gasteiger charge is 2.39. The van der Waals surface area contributed by atoms with E-state index in [1.54, 1.807) is 35.4 Å². The topological polar surface area (TPSA) is 76.7 Å². The Morgan fingerprint density at radius 3 is 2.88 bits per heavy atom. The highest BCUT2D eigenvalue weighted by Crippen LogP contribution is 2.41. The molecule has 0 aliphatic rings. The number of aliphatic hydroxyl groups is 1. The van der Waals surface area contributed by atoms with Crippen molar-refractivity contribution < 1.29 is 5.11 Å². The first-order valence-corrected chi connectivity index (χ1v) is 9.34. The van der Waals surface area contributed by atoms with Gasteiger partial charge in [0.1, 0.15) is 22.5 Å². The van der Waals surface area contributed by atoms with Crippen LogP contribution in [0.1, 0.15) is 12.5 Å². The third kappa shape index (κ3) is 3.73. The second-order valence-electron chi connectivity index (χ2n) is 5.14. The summed E-state index contributed by atoms with van der Waals surface area (Å²) in [6, 6.07) is 5.07. The van der Waals surface area contributed by atoms with Crippen molar-refractivity contribution in [3.8, 4) is 0 Å². The van der Waals surface area contributed by atoms with Gasteiger partial charge in [0.2, 0.25) is 0 Å². The Labute approximate surface area is 157 Å². The van der Waals surface area contributed by atoms with Gasteiger partial charge in [-0.05, 0) is 30.6 Å². The molecular formula is C14H13Cl2N5OS2. The first-order valence-electron chi connectivity index (χ1n) is 6.93. The first kappa shape index (κ1) is 17.6. The third-order valence-corrected chi connectivity index (χ3v) is 6.18. The molecule has 0 amide bonds. The zero-order chi connectivity index (χ0) is 17.2. The predicted molar refractivity (Wildman–Crippen MR) is 95.6 cm³/mol. The maximum atomic E-state index is 11.5. The lowest BCUT2D eigenvalue weighted by Crippen LogP contribution is -2.40. The molecule has 6 nitrogen and oxygen atoms in total. The van der Waals surface area contributed by atoms with Crippen LogP contribution < -0.4 is 0 Å². The van der Waals surface area contributed by atoms with E-state index in [1.165, 1.54) is 29.6 Å². The van der Waals surface area contributed by atoms with Crippen LogP contribution >= 0.6 is 46.5 Å². The minimum atomic E-state index is -1.29. The van der Waals surface area contributed by atoms with E-state index in [2.05, 4.69) is 19.7 Å². The average molecular weight is 402 g/mol. The Morgan fingerprint density at radius 1 is 1.42 bits per heavy atom. The molecule has 0 aliphatic heterocycles. The molecule has 0 radical (unpaired) electrons. The Morgan fingerprint density at radius 2 is 2.25 bits per heavy atom. The monoisotopic (exact) mass is 401 g/mol. The molecule has 2 atom stereocenters. The van der Waals surface area contributed by atoms with Crippen LogP contribution in [0.15, 0.2) is 41.3 Å². The van der Waals surface area contributed by atoms with Crippen LogP contribution in [0.3, 0.4) is 0 Å². The number of thioether (sulfide) groups is 1. The summed E-state index contributed by atoms with van der Waals surface area (Å²) in [5.74, 6) is 0.